The zero-order valence-corrected chi connectivity index (χ0v) is 11.6. The Hall–Kier alpha value is -2.76. The van der Waals surface area contributed by atoms with E-state index in [9.17, 15) is 24.9 Å². The van der Waals surface area contributed by atoms with Crippen molar-refractivity contribution in [2.45, 2.75) is 12.8 Å². The van der Waals surface area contributed by atoms with Crippen LogP contribution in [0.25, 0.3) is 0 Å². The molecule has 0 aliphatic carbocycles. The highest BCUT2D eigenvalue weighted by atomic mass is 16.4. The Morgan fingerprint density at radius 1 is 1.10 bits per heavy atom. The second-order valence-corrected chi connectivity index (χ2v) is 4.83. The molecule has 1 heterocycles. The van der Waals surface area contributed by atoms with Gasteiger partial charge in [-0.1, -0.05) is 12.1 Å². The Kier molecular flexibility index (Phi) is 3.71. The number of carboxylic acid groups (broad SMARTS) is 2. The van der Waals surface area contributed by atoms with E-state index in [-0.39, 0.29) is 16.9 Å². The molecule has 6 nitrogen and oxygen atoms in total. The molecule has 0 radical (unpaired) electrons. The molecule has 1 aliphatic rings. The highest BCUT2D eigenvalue weighted by molar-refractivity contribution is 5.97. The molecule has 0 saturated carbocycles. The number of allylic oxidation sites excluding steroid dienone is 1. The zero-order valence-electron chi connectivity index (χ0n) is 11.6. The maximum absolute atomic E-state index is 11.6. The Morgan fingerprint density at radius 2 is 1.67 bits per heavy atom. The van der Waals surface area contributed by atoms with Gasteiger partial charge in [0, 0.05) is 18.9 Å². The average molecular weight is 289 g/mol. The van der Waals surface area contributed by atoms with Crippen LogP contribution in [-0.4, -0.2) is 39.2 Å². The first-order chi connectivity index (χ1) is 9.82. The second kappa shape index (κ2) is 5.32. The van der Waals surface area contributed by atoms with Crippen molar-refractivity contribution in [3.63, 3.8) is 0 Å². The lowest BCUT2D eigenvalue weighted by Gasteiger charge is -2.30. The predicted molar refractivity (Wildman–Crippen MR) is 74.7 cm³/mol. The largest absolute Gasteiger partial charge is 0.508 e. The molecule has 0 fully saturated rings. The molecule has 0 spiro atoms. The lowest BCUT2D eigenvalue weighted by Crippen LogP contribution is -2.29. The molecule has 110 valence electrons. The molecule has 3 N–H and O–H groups in total. The number of rotatable bonds is 3. The second-order valence-electron chi connectivity index (χ2n) is 4.83. The van der Waals surface area contributed by atoms with Crippen LogP contribution in [0, 0.1) is 0 Å². The van der Waals surface area contributed by atoms with Gasteiger partial charge in [0.05, 0.1) is 17.1 Å². The summed E-state index contributed by atoms with van der Waals surface area (Å²) in [6.45, 7) is 1.63. The normalized spacial score (nSPS) is 18.5. The highest BCUT2D eigenvalue weighted by Gasteiger charge is 2.35. The summed E-state index contributed by atoms with van der Waals surface area (Å²) in [4.78, 5) is 24.5. The van der Waals surface area contributed by atoms with Crippen molar-refractivity contribution in [1.29, 1.82) is 0 Å². The summed E-state index contributed by atoms with van der Waals surface area (Å²) in [7, 11) is 1.61. The summed E-state index contributed by atoms with van der Waals surface area (Å²) in [5, 5.41) is 28.2. The number of hydrogen-bond donors (Lipinski definition) is 3. The molecule has 2 rings (SSSR count). The smallest absolute Gasteiger partial charge is 0.334 e. The Labute approximate surface area is 121 Å². The molecule has 1 aromatic carbocycles. The molecule has 6 heteroatoms. The minimum absolute atomic E-state index is 0.0167. The van der Waals surface area contributed by atoms with Crippen LogP contribution in [0.3, 0.4) is 0 Å². The van der Waals surface area contributed by atoms with Crippen molar-refractivity contribution in [3.8, 4) is 5.75 Å². The van der Waals surface area contributed by atoms with Gasteiger partial charge in [0.2, 0.25) is 0 Å². The number of phenolic OH excluding ortho intramolecular Hbond substituents is 1. The van der Waals surface area contributed by atoms with Gasteiger partial charge < -0.3 is 20.2 Å². The lowest BCUT2D eigenvalue weighted by atomic mass is 9.81. The summed E-state index contributed by atoms with van der Waals surface area (Å²) in [5.41, 5.74) is 0.978. The number of phenols is 1. The van der Waals surface area contributed by atoms with E-state index in [1.807, 2.05) is 0 Å². The molecule has 0 bridgehead atoms. The van der Waals surface area contributed by atoms with Gasteiger partial charge in [-0.05, 0) is 24.6 Å². The van der Waals surface area contributed by atoms with E-state index < -0.39 is 17.9 Å². The van der Waals surface area contributed by atoms with Crippen LogP contribution in [0.4, 0.5) is 0 Å². The van der Waals surface area contributed by atoms with E-state index in [2.05, 4.69) is 0 Å². The van der Waals surface area contributed by atoms with Gasteiger partial charge in [-0.15, -0.1) is 0 Å². The number of benzene rings is 1. The standard InChI is InChI=1S/C15H15NO5/c1-8-12(15(20)21)13(9-3-5-10(17)6-4-9)11(14(18)19)7-16(8)2/h3-7,13,17H,1-2H3,(H,18,19)(H,20,21). The first kappa shape index (κ1) is 14.6. The van der Waals surface area contributed by atoms with Crippen LogP contribution in [0.2, 0.25) is 0 Å². The number of aromatic hydroxyl groups is 1. The fourth-order valence-electron chi connectivity index (χ4n) is 2.40. The Bertz CT molecular complexity index is 657. The molecule has 1 aromatic rings. The van der Waals surface area contributed by atoms with E-state index in [0.29, 0.717) is 11.3 Å². The molecule has 0 saturated heterocycles. The fourth-order valence-corrected chi connectivity index (χ4v) is 2.40. The van der Waals surface area contributed by atoms with Crippen LogP contribution < -0.4 is 0 Å². The highest BCUT2D eigenvalue weighted by Crippen LogP contribution is 2.38. The lowest BCUT2D eigenvalue weighted by molar-refractivity contribution is -0.133. The first-order valence-corrected chi connectivity index (χ1v) is 6.23. The van der Waals surface area contributed by atoms with Gasteiger partial charge in [0.15, 0.2) is 0 Å². The zero-order chi connectivity index (χ0) is 15.7. The number of hydrogen-bond acceptors (Lipinski definition) is 4. The van der Waals surface area contributed by atoms with Crippen LogP contribution in [0.15, 0.2) is 47.3 Å². The van der Waals surface area contributed by atoms with Crippen molar-refractivity contribution in [3.05, 3.63) is 52.9 Å². The van der Waals surface area contributed by atoms with Crippen LogP contribution in [0.1, 0.15) is 18.4 Å². The molecule has 1 unspecified atom stereocenters. The molecule has 1 atom stereocenters. The van der Waals surface area contributed by atoms with Crippen molar-refractivity contribution < 1.29 is 24.9 Å². The summed E-state index contributed by atoms with van der Waals surface area (Å²) in [5.74, 6) is -3.18. The third kappa shape index (κ3) is 2.60. The summed E-state index contributed by atoms with van der Waals surface area (Å²) in [6.07, 6.45) is 1.42. The topological polar surface area (TPSA) is 98.1 Å². The Morgan fingerprint density at radius 3 is 2.14 bits per heavy atom. The van der Waals surface area contributed by atoms with Gasteiger partial charge in [-0.3, -0.25) is 0 Å². The number of aliphatic carboxylic acids is 2. The minimum Gasteiger partial charge on any atom is -0.508 e. The predicted octanol–water partition coefficient (Wildman–Crippen LogP) is 1.75. The average Bonchev–Trinajstić information content (AvgIpc) is 2.41. The van der Waals surface area contributed by atoms with Crippen molar-refractivity contribution >= 4 is 11.9 Å². The molecule has 0 amide bonds. The molecule has 0 aromatic heterocycles. The number of carboxylic acids is 2. The quantitative estimate of drug-likeness (QED) is 0.784. The van der Waals surface area contributed by atoms with E-state index in [0.717, 1.165) is 0 Å². The van der Waals surface area contributed by atoms with Gasteiger partial charge in [-0.25, -0.2) is 9.59 Å². The monoisotopic (exact) mass is 289 g/mol. The van der Waals surface area contributed by atoms with E-state index in [1.54, 1.807) is 14.0 Å². The van der Waals surface area contributed by atoms with E-state index in [1.165, 1.54) is 35.4 Å². The SMILES string of the molecule is CC1=C(C(=O)O)C(c2ccc(O)cc2)C(C(=O)O)=CN1C. The maximum Gasteiger partial charge on any atom is 0.334 e. The maximum atomic E-state index is 11.6. The van der Waals surface area contributed by atoms with Crippen LogP contribution in [0.5, 0.6) is 5.75 Å². The van der Waals surface area contributed by atoms with Crippen molar-refractivity contribution in [2.24, 2.45) is 0 Å². The minimum atomic E-state index is -1.17. The Balaban J connectivity index is 2.64. The van der Waals surface area contributed by atoms with E-state index >= 15 is 0 Å². The molecule has 1 aliphatic heterocycles. The van der Waals surface area contributed by atoms with Crippen LogP contribution in [-0.2, 0) is 9.59 Å². The van der Waals surface area contributed by atoms with E-state index in [4.69, 9.17) is 0 Å². The van der Waals surface area contributed by atoms with Gasteiger partial charge in [-0.2, -0.15) is 0 Å². The van der Waals surface area contributed by atoms with Gasteiger partial charge >= 0.3 is 11.9 Å². The number of nitrogens with zero attached hydrogens (tertiary/aromatic N) is 1. The van der Waals surface area contributed by atoms with Crippen LogP contribution >= 0.6 is 0 Å². The summed E-state index contributed by atoms with van der Waals surface area (Å²) in [6, 6.07) is 5.86. The fraction of sp³-hybridized carbons (Fsp3) is 0.200. The van der Waals surface area contributed by atoms with Crippen molar-refractivity contribution in [1.82, 2.24) is 4.90 Å². The summed E-state index contributed by atoms with van der Waals surface area (Å²) < 4.78 is 0. The molecule has 21 heavy (non-hydrogen) atoms. The third-order valence-corrected chi connectivity index (χ3v) is 3.56. The van der Waals surface area contributed by atoms with Gasteiger partial charge in [0.25, 0.3) is 0 Å². The van der Waals surface area contributed by atoms with Crippen molar-refractivity contribution in [2.75, 3.05) is 7.05 Å². The van der Waals surface area contributed by atoms with Gasteiger partial charge in [0.1, 0.15) is 5.75 Å². The number of carbonyl (C=O) groups is 2. The molecular weight excluding hydrogens is 274 g/mol. The third-order valence-electron chi connectivity index (χ3n) is 3.56. The summed E-state index contributed by atoms with van der Waals surface area (Å²) >= 11 is 0. The molecular formula is C15H15NO5. The first-order valence-electron chi connectivity index (χ1n) is 6.23.